The molecule has 0 aromatic heterocycles. The molecule has 1 amide bonds. The number of amides is 1. The van der Waals surface area contributed by atoms with E-state index in [4.69, 9.17) is 25.8 Å². The summed E-state index contributed by atoms with van der Waals surface area (Å²) < 4.78 is 16.9. The first-order valence-corrected chi connectivity index (χ1v) is 13.1. The molecule has 1 aliphatic rings. The lowest BCUT2D eigenvalue weighted by atomic mass is 10.1. The fraction of sp³-hybridized carbons (Fsp3) is 0.536. The lowest BCUT2D eigenvalue weighted by molar-refractivity contribution is 0.00449. The largest absolute Gasteiger partial charge is 0.493 e. The molecule has 0 bridgehead atoms. The van der Waals surface area contributed by atoms with Gasteiger partial charge in [0.15, 0.2) is 17.7 Å². The summed E-state index contributed by atoms with van der Waals surface area (Å²) in [4.78, 5) is 15.2. The van der Waals surface area contributed by atoms with Crippen molar-refractivity contribution in [2.75, 3.05) is 33.9 Å². The van der Waals surface area contributed by atoms with E-state index in [9.17, 15) is 4.79 Å². The van der Waals surface area contributed by atoms with Gasteiger partial charge in [-0.3, -0.25) is 4.79 Å². The number of carbonyl (C=O) groups excluding carboxylic acids is 1. The van der Waals surface area contributed by atoms with Crippen molar-refractivity contribution in [2.24, 2.45) is 0 Å². The molecule has 0 saturated carbocycles. The number of unbranched alkanes of at least 4 members (excludes halogenated alkanes) is 4. The standard InChI is InChI=1S/C28H39ClN2O4/c1-4-5-6-7-8-10-27-31(28(32)23-20-22(29)12-14-24(23)35-27)18-9-16-30-17-15-21-11-13-25(33-2)26(19-21)34-3/h11-14,19-20,27,30H,4-10,15-18H2,1-3H3. The molecule has 2 aromatic rings. The molecule has 3 rings (SSSR count). The minimum atomic E-state index is -0.218. The summed E-state index contributed by atoms with van der Waals surface area (Å²) in [5, 5.41) is 4.04. The van der Waals surface area contributed by atoms with E-state index in [1.807, 2.05) is 23.1 Å². The van der Waals surface area contributed by atoms with Crippen LogP contribution >= 0.6 is 11.6 Å². The zero-order valence-corrected chi connectivity index (χ0v) is 22.0. The van der Waals surface area contributed by atoms with Gasteiger partial charge in [0, 0.05) is 18.0 Å². The highest BCUT2D eigenvalue weighted by molar-refractivity contribution is 6.31. The Balaban J connectivity index is 1.49. The maximum Gasteiger partial charge on any atom is 0.260 e. The normalized spacial score (nSPS) is 15.0. The van der Waals surface area contributed by atoms with Crippen LogP contribution in [0.15, 0.2) is 36.4 Å². The number of ether oxygens (including phenoxy) is 3. The van der Waals surface area contributed by atoms with Crippen LogP contribution in [0.1, 0.15) is 67.8 Å². The summed E-state index contributed by atoms with van der Waals surface area (Å²) in [6.07, 6.45) is 8.30. The number of rotatable bonds is 15. The Kier molecular flexibility index (Phi) is 11.0. The Morgan fingerprint density at radius 1 is 0.971 bits per heavy atom. The summed E-state index contributed by atoms with van der Waals surface area (Å²) in [7, 11) is 3.29. The first-order valence-electron chi connectivity index (χ1n) is 12.8. The summed E-state index contributed by atoms with van der Waals surface area (Å²) >= 11 is 6.16. The van der Waals surface area contributed by atoms with Crippen LogP contribution in [0, 0.1) is 0 Å². The summed E-state index contributed by atoms with van der Waals surface area (Å²) in [6, 6.07) is 11.3. The highest BCUT2D eigenvalue weighted by atomic mass is 35.5. The van der Waals surface area contributed by atoms with Crippen molar-refractivity contribution in [1.29, 1.82) is 0 Å². The van der Waals surface area contributed by atoms with E-state index in [0.29, 0.717) is 22.9 Å². The van der Waals surface area contributed by atoms with E-state index in [-0.39, 0.29) is 12.1 Å². The van der Waals surface area contributed by atoms with Gasteiger partial charge >= 0.3 is 0 Å². The van der Waals surface area contributed by atoms with Gasteiger partial charge in [-0.25, -0.2) is 0 Å². The Morgan fingerprint density at radius 3 is 2.54 bits per heavy atom. The molecular weight excluding hydrogens is 464 g/mol. The average Bonchev–Trinajstić information content (AvgIpc) is 2.87. The van der Waals surface area contributed by atoms with E-state index in [2.05, 4.69) is 18.3 Å². The molecule has 0 aliphatic carbocycles. The molecule has 192 valence electrons. The number of benzene rings is 2. The molecule has 1 atom stereocenters. The Hall–Kier alpha value is -2.44. The SMILES string of the molecule is CCCCCCCC1Oc2ccc(Cl)cc2C(=O)N1CCCNCCc1ccc(OC)c(OC)c1. The molecule has 1 heterocycles. The Morgan fingerprint density at radius 2 is 1.77 bits per heavy atom. The predicted octanol–water partition coefficient (Wildman–Crippen LogP) is 6.10. The lowest BCUT2D eigenvalue weighted by Gasteiger charge is -2.37. The fourth-order valence-electron chi connectivity index (χ4n) is 4.42. The van der Waals surface area contributed by atoms with Gasteiger partial charge in [-0.05, 0) is 68.2 Å². The van der Waals surface area contributed by atoms with Gasteiger partial charge < -0.3 is 24.4 Å². The van der Waals surface area contributed by atoms with Gasteiger partial charge in [-0.2, -0.15) is 0 Å². The van der Waals surface area contributed by atoms with Crippen LogP contribution in [0.5, 0.6) is 17.2 Å². The molecule has 1 unspecified atom stereocenters. The Bertz CT molecular complexity index is 953. The van der Waals surface area contributed by atoms with Crippen molar-refractivity contribution in [2.45, 2.75) is 64.5 Å². The number of hydrogen-bond acceptors (Lipinski definition) is 5. The molecule has 0 fully saturated rings. The first kappa shape index (κ1) is 27.2. The van der Waals surface area contributed by atoms with Crippen molar-refractivity contribution < 1.29 is 19.0 Å². The van der Waals surface area contributed by atoms with Gasteiger partial charge in [0.2, 0.25) is 0 Å². The highest BCUT2D eigenvalue weighted by Crippen LogP contribution is 2.32. The van der Waals surface area contributed by atoms with Gasteiger partial charge in [0.05, 0.1) is 19.8 Å². The fourth-order valence-corrected chi connectivity index (χ4v) is 4.59. The van der Waals surface area contributed by atoms with E-state index in [1.165, 1.54) is 31.2 Å². The molecule has 6 nitrogen and oxygen atoms in total. The van der Waals surface area contributed by atoms with Gasteiger partial charge in [-0.15, -0.1) is 0 Å². The molecule has 35 heavy (non-hydrogen) atoms. The summed E-state index contributed by atoms with van der Waals surface area (Å²) in [5.41, 5.74) is 1.74. The highest BCUT2D eigenvalue weighted by Gasteiger charge is 2.33. The topological polar surface area (TPSA) is 60.0 Å². The van der Waals surface area contributed by atoms with Gasteiger partial charge in [0.25, 0.3) is 5.91 Å². The minimum Gasteiger partial charge on any atom is -0.493 e. The number of nitrogens with zero attached hydrogens (tertiary/aromatic N) is 1. The minimum absolute atomic E-state index is 0.0117. The van der Waals surface area contributed by atoms with Crippen molar-refractivity contribution in [3.05, 3.63) is 52.5 Å². The van der Waals surface area contributed by atoms with E-state index >= 15 is 0 Å². The molecule has 1 N–H and O–H groups in total. The van der Waals surface area contributed by atoms with Crippen LogP contribution in [0.3, 0.4) is 0 Å². The number of fused-ring (bicyclic) bond motifs is 1. The molecule has 0 radical (unpaired) electrons. The van der Waals surface area contributed by atoms with Gasteiger partial charge in [0.1, 0.15) is 5.75 Å². The third kappa shape index (κ3) is 7.77. The second kappa shape index (κ2) is 14.2. The quantitative estimate of drug-likeness (QED) is 0.298. The molecule has 2 aromatic carbocycles. The predicted molar refractivity (Wildman–Crippen MR) is 141 cm³/mol. The second-order valence-electron chi connectivity index (χ2n) is 8.96. The maximum absolute atomic E-state index is 13.3. The number of hydrogen-bond donors (Lipinski definition) is 1. The summed E-state index contributed by atoms with van der Waals surface area (Å²) in [5.74, 6) is 2.13. The van der Waals surface area contributed by atoms with Crippen molar-refractivity contribution >= 4 is 17.5 Å². The van der Waals surface area contributed by atoms with Crippen molar-refractivity contribution in [3.8, 4) is 17.2 Å². The van der Waals surface area contributed by atoms with E-state index < -0.39 is 0 Å². The Labute approximate surface area is 214 Å². The van der Waals surface area contributed by atoms with Crippen LogP contribution in [0.2, 0.25) is 5.02 Å². The summed E-state index contributed by atoms with van der Waals surface area (Å²) in [6.45, 7) is 4.53. The lowest BCUT2D eigenvalue weighted by Crippen LogP contribution is -2.48. The molecular formula is C28H39ClN2O4. The maximum atomic E-state index is 13.3. The van der Waals surface area contributed by atoms with Crippen LogP contribution in [0.4, 0.5) is 0 Å². The van der Waals surface area contributed by atoms with Crippen molar-refractivity contribution in [1.82, 2.24) is 10.2 Å². The zero-order chi connectivity index (χ0) is 25.0. The van der Waals surface area contributed by atoms with Crippen LogP contribution < -0.4 is 19.5 Å². The van der Waals surface area contributed by atoms with Crippen molar-refractivity contribution in [3.63, 3.8) is 0 Å². The third-order valence-corrected chi connectivity index (χ3v) is 6.62. The monoisotopic (exact) mass is 502 g/mol. The molecule has 1 aliphatic heterocycles. The number of carbonyl (C=O) groups is 1. The smallest absolute Gasteiger partial charge is 0.260 e. The number of methoxy groups -OCH3 is 2. The number of nitrogens with one attached hydrogen (secondary N) is 1. The average molecular weight is 503 g/mol. The molecule has 0 saturated heterocycles. The van der Waals surface area contributed by atoms with E-state index in [0.717, 1.165) is 50.3 Å². The van der Waals surface area contributed by atoms with E-state index in [1.54, 1.807) is 26.4 Å². The number of halogens is 1. The van der Waals surface area contributed by atoms with Crippen LogP contribution in [-0.2, 0) is 6.42 Å². The van der Waals surface area contributed by atoms with Gasteiger partial charge in [-0.1, -0.05) is 50.3 Å². The molecule has 0 spiro atoms. The van der Waals surface area contributed by atoms with Crippen LogP contribution in [-0.4, -0.2) is 50.9 Å². The second-order valence-corrected chi connectivity index (χ2v) is 9.39. The third-order valence-electron chi connectivity index (χ3n) is 6.39. The van der Waals surface area contributed by atoms with Crippen LogP contribution in [0.25, 0.3) is 0 Å². The zero-order valence-electron chi connectivity index (χ0n) is 21.3. The molecule has 7 heteroatoms. The first-order chi connectivity index (χ1) is 17.1.